The van der Waals surface area contributed by atoms with E-state index in [-0.39, 0.29) is 0 Å². The number of hydrogen-bond acceptors (Lipinski definition) is 7. The summed E-state index contributed by atoms with van der Waals surface area (Å²) in [5, 5.41) is 18.9. The lowest BCUT2D eigenvalue weighted by atomic mass is 9.81. The predicted molar refractivity (Wildman–Crippen MR) is 96.8 cm³/mol. The number of methoxy groups -OCH3 is 1. The second kappa shape index (κ2) is 6.79. The van der Waals surface area contributed by atoms with Crippen molar-refractivity contribution in [1.82, 2.24) is 9.97 Å². The summed E-state index contributed by atoms with van der Waals surface area (Å²) in [6.07, 6.45) is 2.86. The monoisotopic (exact) mass is 357 g/mol. The molecule has 3 rings (SSSR count). The molecular weight excluding hydrogens is 341 g/mol. The van der Waals surface area contributed by atoms with E-state index in [9.17, 15) is 4.21 Å². The highest BCUT2D eigenvalue weighted by Gasteiger charge is 2.14. The SMILES string of the molecule is COc1cccc2c(N=S(C)(=O)c3ccc(B(O)O)cc3)ncnc12. The molecule has 0 spiro atoms. The van der Waals surface area contributed by atoms with Gasteiger partial charge in [-0.15, -0.1) is 0 Å². The zero-order valence-corrected chi connectivity index (χ0v) is 14.5. The molecule has 2 N–H and O–H groups in total. The molecule has 0 aliphatic heterocycles. The summed E-state index contributed by atoms with van der Waals surface area (Å²) < 4.78 is 22.7. The summed E-state index contributed by atoms with van der Waals surface area (Å²) in [6.45, 7) is 0. The van der Waals surface area contributed by atoms with Crippen LogP contribution in [0.15, 0.2) is 58.1 Å². The van der Waals surface area contributed by atoms with Crippen molar-refractivity contribution in [1.29, 1.82) is 0 Å². The van der Waals surface area contributed by atoms with Crippen molar-refractivity contribution in [3.63, 3.8) is 0 Å². The van der Waals surface area contributed by atoms with Crippen LogP contribution in [-0.4, -0.2) is 44.7 Å². The Labute approximate surface area is 145 Å². The lowest BCUT2D eigenvalue weighted by Gasteiger charge is -2.08. The predicted octanol–water partition coefficient (Wildman–Crippen LogP) is 1.11. The second-order valence-corrected chi connectivity index (χ2v) is 7.65. The maximum absolute atomic E-state index is 13.1. The third kappa shape index (κ3) is 3.48. The van der Waals surface area contributed by atoms with Crippen molar-refractivity contribution in [2.45, 2.75) is 4.90 Å². The van der Waals surface area contributed by atoms with Gasteiger partial charge in [-0.25, -0.2) is 14.2 Å². The van der Waals surface area contributed by atoms with Gasteiger partial charge in [0.1, 0.15) is 17.6 Å². The van der Waals surface area contributed by atoms with E-state index in [0.717, 1.165) is 0 Å². The summed E-state index contributed by atoms with van der Waals surface area (Å²) in [5.41, 5.74) is 0.906. The van der Waals surface area contributed by atoms with Gasteiger partial charge >= 0.3 is 7.12 Å². The van der Waals surface area contributed by atoms with Gasteiger partial charge < -0.3 is 14.8 Å². The third-order valence-corrected chi connectivity index (χ3v) is 5.37. The van der Waals surface area contributed by atoms with Crippen LogP contribution in [0.2, 0.25) is 0 Å². The Kier molecular flexibility index (Phi) is 4.71. The van der Waals surface area contributed by atoms with Crippen LogP contribution in [0.1, 0.15) is 0 Å². The van der Waals surface area contributed by atoms with Crippen LogP contribution in [0.4, 0.5) is 5.82 Å². The van der Waals surface area contributed by atoms with Crippen molar-refractivity contribution in [2.75, 3.05) is 13.4 Å². The third-order valence-electron chi connectivity index (χ3n) is 3.70. The first-order valence-corrected chi connectivity index (χ1v) is 9.30. The summed E-state index contributed by atoms with van der Waals surface area (Å²) in [5.74, 6) is 0.892. The first-order chi connectivity index (χ1) is 11.9. The van der Waals surface area contributed by atoms with Crippen molar-refractivity contribution in [3.05, 3.63) is 48.8 Å². The Balaban J connectivity index is 2.13. The Morgan fingerprint density at radius 2 is 1.84 bits per heavy atom. The van der Waals surface area contributed by atoms with Crippen LogP contribution in [0.5, 0.6) is 5.75 Å². The van der Waals surface area contributed by atoms with Gasteiger partial charge in [-0.2, -0.15) is 4.36 Å². The van der Waals surface area contributed by atoms with Gasteiger partial charge in [-0.1, -0.05) is 18.2 Å². The fourth-order valence-electron chi connectivity index (χ4n) is 2.39. The van der Waals surface area contributed by atoms with Gasteiger partial charge in [0.2, 0.25) is 0 Å². The van der Waals surface area contributed by atoms with Crippen LogP contribution >= 0.6 is 0 Å². The average Bonchev–Trinajstić information content (AvgIpc) is 2.61. The fraction of sp³-hybridized carbons (Fsp3) is 0.125. The molecule has 1 unspecified atom stereocenters. The van der Waals surface area contributed by atoms with Crippen molar-refractivity contribution < 1.29 is 19.0 Å². The Morgan fingerprint density at radius 1 is 1.12 bits per heavy atom. The Hall–Kier alpha value is -2.49. The minimum absolute atomic E-state index is 0.308. The molecule has 0 radical (unpaired) electrons. The Morgan fingerprint density at radius 3 is 2.48 bits per heavy atom. The van der Waals surface area contributed by atoms with Gasteiger partial charge in [0.25, 0.3) is 0 Å². The Bertz CT molecular complexity index is 1030. The number of nitrogens with zero attached hydrogens (tertiary/aromatic N) is 3. The van der Waals surface area contributed by atoms with E-state index in [1.165, 1.54) is 24.7 Å². The molecule has 0 fully saturated rings. The molecule has 0 amide bonds. The molecule has 0 aliphatic carbocycles. The maximum atomic E-state index is 13.1. The standard InChI is InChI=1S/C16H16BN3O4S/c1-24-14-5-3-4-13-15(14)18-10-19-16(13)20-25(2,23)12-8-6-11(7-9-12)17(21)22/h3-10,21-22H,1-2H3. The zero-order chi connectivity index (χ0) is 18.0. The molecule has 2 aromatic carbocycles. The second-order valence-electron chi connectivity index (χ2n) is 5.39. The van der Waals surface area contributed by atoms with Gasteiger partial charge in [0.15, 0.2) is 5.82 Å². The number of benzene rings is 2. The van der Waals surface area contributed by atoms with E-state index >= 15 is 0 Å². The highest BCUT2D eigenvalue weighted by molar-refractivity contribution is 7.93. The molecule has 1 heterocycles. The summed E-state index contributed by atoms with van der Waals surface area (Å²) in [7, 11) is -2.81. The molecule has 1 aromatic heterocycles. The normalized spacial score (nSPS) is 13.3. The van der Waals surface area contributed by atoms with Gasteiger partial charge in [-0.05, 0) is 29.7 Å². The van der Waals surface area contributed by atoms with Gasteiger partial charge in [-0.3, -0.25) is 0 Å². The van der Waals surface area contributed by atoms with E-state index in [1.54, 1.807) is 37.4 Å². The fourth-order valence-corrected chi connectivity index (χ4v) is 3.62. The molecule has 0 bridgehead atoms. The minimum Gasteiger partial charge on any atom is -0.494 e. The number of fused-ring (bicyclic) bond motifs is 1. The van der Waals surface area contributed by atoms with Gasteiger partial charge in [0.05, 0.1) is 16.8 Å². The van der Waals surface area contributed by atoms with Crippen LogP contribution in [0, 0.1) is 0 Å². The quantitative estimate of drug-likeness (QED) is 0.678. The van der Waals surface area contributed by atoms with E-state index in [2.05, 4.69) is 14.3 Å². The highest BCUT2D eigenvalue weighted by atomic mass is 32.2. The number of ether oxygens (including phenoxy) is 1. The molecule has 3 aromatic rings. The molecule has 1 atom stereocenters. The van der Waals surface area contributed by atoms with Gasteiger partial charge in [0, 0.05) is 16.5 Å². The first-order valence-electron chi connectivity index (χ1n) is 7.38. The van der Waals surface area contributed by atoms with Crippen molar-refractivity contribution in [3.8, 4) is 5.75 Å². The summed E-state index contributed by atoms with van der Waals surface area (Å²) in [6, 6.07) is 11.5. The molecule has 7 nitrogen and oxygen atoms in total. The molecule has 128 valence electrons. The average molecular weight is 357 g/mol. The van der Waals surface area contributed by atoms with Crippen LogP contribution in [0.25, 0.3) is 10.9 Å². The number of para-hydroxylation sites is 1. The topological polar surface area (TPSA) is 105 Å². The van der Waals surface area contributed by atoms with Crippen LogP contribution in [0.3, 0.4) is 0 Å². The lowest BCUT2D eigenvalue weighted by Crippen LogP contribution is -2.29. The molecule has 0 saturated carbocycles. The zero-order valence-electron chi connectivity index (χ0n) is 13.7. The smallest absolute Gasteiger partial charge is 0.488 e. The summed E-state index contributed by atoms with van der Waals surface area (Å²) in [4.78, 5) is 8.81. The molecule has 0 aliphatic rings. The van der Waals surface area contributed by atoms with Crippen molar-refractivity contribution in [2.24, 2.45) is 4.36 Å². The lowest BCUT2D eigenvalue weighted by molar-refractivity contribution is 0.419. The first kappa shape index (κ1) is 17.3. The number of rotatable bonds is 4. The van der Waals surface area contributed by atoms with Crippen LogP contribution in [-0.2, 0) is 9.73 Å². The van der Waals surface area contributed by atoms with E-state index < -0.39 is 16.8 Å². The highest BCUT2D eigenvalue weighted by Crippen LogP contribution is 2.30. The molecule has 0 saturated heterocycles. The molecule has 25 heavy (non-hydrogen) atoms. The van der Waals surface area contributed by atoms with E-state index in [1.807, 2.05) is 0 Å². The van der Waals surface area contributed by atoms with E-state index in [4.69, 9.17) is 14.8 Å². The molecule has 9 heteroatoms. The largest absolute Gasteiger partial charge is 0.494 e. The molecular formula is C16H16BN3O4S. The maximum Gasteiger partial charge on any atom is 0.488 e. The summed E-state index contributed by atoms with van der Waals surface area (Å²) >= 11 is 0. The van der Waals surface area contributed by atoms with Crippen molar-refractivity contribution >= 4 is 39.0 Å². The van der Waals surface area contributed by atoms with Crippen LogP contribution < -0.4 is 10.2 Å². The number of hydrogen-bond donors (Lipinski definition) is 2. The minimum atomic E-state index is -2.79. The number of aromatic nitrogens is 2. The van der Waals surface area contributed by atoms with E-state index in [0.29, 0.717) is 32.8 Å².